The molecule has 0 saturated heterocycles. The molecular formula is C22H21F2N3O5S. The molecule has 2 aromatic rings. The number of rotatable bonds is 8. The van der Waals surface area contributed by atoms with Crippen LogP contribution in [0, 0.1) is 0 Å². The van der Waals surface area contributed by atoms with Gasteiger partial charge in [-0.15, -0.1) is 0 Å². The Kier molecular flexibility index (Phi) is 7.88. The molecule has 2 amide bonds. The fraction of sp³-hybridized carbons (Fsp3) is 0.227. The molecule has 3 rings (SSSR count). The van der Waals surface area contributed by atoms with Gasteiger partial charge in [0.05, 0.1) is 18.0 Å². The fourth-order valence-corrected chi connectivity index (χ4v) is 3.73. The minimum absolute atomic E-state index is 0.0205. The van der Waals surface area contributed by atoms with Crippen LogP contribution < -0.4 is 19.7 Å². The summed E-state index contributed by atoms with van der Waals surface area (Å²) in [4.78, 5) is 30.6. The van der Waals surface area contributed by atoms with Gasteiger partial charge in [0.25, 0.3) is 5.91 Å². The van der Waals surface area contributed by atoms with Crippen LogP contribution in [0.15, 0.2) is 53.2 Å². The number of ether oxygens (including phenoxy) is 2. The average molecular weight is 477 g/mol. The number of phenolic OH excluding ortho intramolecular Hbond substituents is 1. The van der Waals surface area contributed by atoms with Crippen LogP contribution in [0.2, 0.25) is 0 Å². The second kappa shape index (κ2) is 10.8. The number of alkyl halides is 2. The van der Waals surface area contributed by atoms with Crippen molar-refractivity contribution in [2.24, 2.45) is 4.99 Å². The third-order valence-electron chi connectivity index (χ3n) is 4.35. The normalized spacial score (nSPS) is 14.6. The number of carbonyl (C=O) groups is 2. The number of anilines is 1. The fourth-order valence-electron chi connectivity index (χ4n) is 2.85. The first kappa shape index (κ1) is 24.1. The van der Waals surface area contributed by atoms with Gasteiger partial charge in [-0.2, -0.15) is 8.78 Å². The highest BCUT2D eigenvalue weighted by Crippen LogP contribution is 2.32. The minimum Gasteiger partial charge on any atom is -0.504 e. The van der Waals surface area contributed by atoms with Gasteiger partial charge in [-0.25, -0.2) is 4.99 Å². The summed E-state index contributed by atoms with van der Waals surface area (Å²) in [6, 6.07) is 10.1. The van der Waals surface area contributed by atoms with Crippen molar-refractivity contribution < 1.29 is 33.0 Å². The molecule has 0 aliphatic carbocycles. The monoisotopic (exact) mass is 477 g/mol. The number of amides is 2. The minimum atomic E-state index is -2.97. The number of nitrogens with zero attached hydrogens (tertiary/aromatic N) is 2. The van der Waals surface area contributed by atoms with Crippen molar-refractivity contribution in [3.05, 3.63) is 53.7 Å². The molecule has 0 radical (unpaired) electrons. The lowest BCUT2D eigenvalue weighted by atomic mass is 10.1. The number of phenols is 1. The second-order valence-corrected chi connectivity index (χ2v) is 7.50. The van der Waals surface area contributed by atoms with Crippen molar-refractivity contribution in [3.63, 3.8) is 0 Å². The Hall–Kier alpha value is -3.60. The van der Waals surface area contributed by atoms with E-state index in [4.69, 9.17) is 4.74 Å². The smallest absolute Gasteiger partial charge is 0.387 e. The molecule has 0 bridgehead atoms. The number of amidine groups is 1. The molecule has 33 heavy (non-hydrogen) atoms. The van der Waals surface area contributed by atoms with Gasteiger partial charge in [-0.05, 0) is 55.0 Å². The first-order valence-corrected chi connectivity index (χ1v) is 10.8. The summed E-state index contributed by atoms with van der Waals surface area (Å²) in [6.45, 7) is -0.837. The summed E-state index contributed by atoms with van der Waals surface area (Å²) in [5.74, 6) is -0.528. The Morgan fingerprint density at radius 2 is 2.00 bits per heavy atom. The molecule has 11 heteroatoms. The van der Waals surface area contributed by atoms with Gasteiger partial charge in [-0.3, -0.25) is 14.5 Å². The molecular weight excluding hydrogens is 456 g/mol. The molecule has 8 nitrogen and oxygen atoms in total. The number of aromatic hydroxyl groups is 1. The number of hydrogen-bond donors (Lipinski definition) is 2. The largest absolute Gasteiger partial charge is 0.504 e. The summed E-state index contributed by atoms with van der Waals surface area (Å²) in [5.41, 5.74) is 1.03. The standard InChI is InChI=1S/C22H21F2N3O5S/c1-3-31-18-11-13(4-9-17(18)28)10-16-20(30)27(22(26-16)33-12-19(29)25-2)14-5-7-15(8-6-14)32-21(23)24/h4-11,21,28H,3,12H2,1-2H3,(H,25,29)/b16-10-. The topological polar surface area (TPSA) is 100 Å². The zero-order valence-corrected chi connectivity index (χ0v) is 18.6. The lowest BCUT2D eigenvalue weighted by Gasteiger charge is -2.18. The predicted molar refractivity (Wildman–Crippen MR) is 122 cm³/mol. The number of aliphatic imine (C=N–C) groups is 1. The molecule has 0 fully saturated rings. The van der Waals surface area contributed by atoms with Gasteiger partial charge >= 0.3 is 6.61 Å². The first-order valence-electron chi connectivity index (χ1n) is 9.81. The van der Waals surface area contributed by atoms with Gasteiger partial charge in [-0.1, -0.05) is 17.8 Å². The summed E-state index contributed by atoms with van der Waals surface area (Å²) in [6.07, 6.45) is 1.53. The molecule has 2 N–H and O–H groups in total. The molecule has 0 atom stereocenters. The molecule has 174 valence electrons. The summed E-state index contributed by atoms with van der Waals surface area (Å²) < 4.78 is 34.6. The van der Waals surface area contributed by atoms with E-state index in [0.29, 0.717) is 17.9 Å². The molecule has 0 unspecified atom stereocenters. The molecule has 1 heterocycles. The maximum atomic E-state index is 13.2. The number of nitrogens with one attached hydrogen (secondary N) is 1. The van der Waals surface area contributed by atoms with Crippen LogP contribution in [0.1, 0.15) is 12.5 Å². The highest BCUT2D eigenvalue weighted by Gasteiger charge is 2.32. The Labute approximate surface area is 192 Å². The van der Waals surface area contributed by atoms with E-state index in [0.717, 1.165) is 11.8 Å². The van der Waals surface area contributed by atoms with E-state index in [1.54, 1.807) is 19.1 Å². The Morgan fingerprint density at radius 1 is 1.27 bits per heavy atom. The lowest BCUT2D eigenvalue weighted by molar-refractivity contribution is -0.118. The Balaban J connectivity index is 1.93. The quantitative estimate of drug-likeness (QED) is 0.564. The predicted octanol–water partition coefficient (Wildman–Crippen LogP) is 3.62. The summed E-state index contributed by atoms with van der Waals surface area (Å²) in [7, 11) is 1.50. The van der Waals surface area contributed by atoms with Crippen LogP contribution in [-0.2, 0) is 9.59 Å². The van der Waals surface area contributed by atoms with Crippen molar-refractivity contribution in [2.45, 2.75) is 13.5 Å². The Morgan fingerprint density at radius 3 is 2.64 bits per heavy atom. The SMILES string of the molecule is CCOc1cc(/C=C2\N=C(SCC(=O)NC)N(c3ccc(OC(F)F)cc3)C2=O)ccc1O. The van der Waals surface area contributed by atoms with Gasteiger partial charge in [0, 0.05) is 7.05 Å². The van der Waals surface area contributed by atoms with E-state index < -0.39 is 12.5 Å². The van der Waals surface area contributed by atoms with Crippen molar-refractivity contribution in [3.8, 4) is 17.2 Å². The molecule has 1 aliphatic heterocycles. The van der Waals surface area contributed by atoms with Gasteiger partial charge in [0.15, 0.2) is 16.7 Å². The van der Waals surface area contributed by atoms with Crippen molar-refractivity contribution in [1.82, 2.24) is 5.32 Å². The maximum absolute atomic E-state index is 13.2. The first-order chi connectivity index (χ1) is 15.8. The third kappa shape index (κ3) is 6.01. The number of thioether (sulfide) groups is 1. The number of halogens is 2. The van der Waals surface area contributed by atoms with Crippen LogP contribution in [0.25, 0.3) is 6.08 Å². The van der Waals surface area contributed by atoms with E-state index in [1.165, 1.54) is 48.4 Å². The highest BCUT2D eigenvalue weighted by atomic mass is 32.2. The molecule has 0 saturated carbocycles. The van der Waals surface area contributed by atoms with Crippen molar-refractivity contribution in [1.29, 1.82) is 0 Å². The summed E-state index contributed by atoms with van der Waals surface area (Å²) in [5, 5.41) is 12.6. The van der Waals surface area contributed by atoms with E-state index in [2.05, 4.69) is 15.0 Å². The van der Waals surface area contributed by atoms with Crippen LogP contribution in [0.5, 0.6) is 17.2 Å². The van der Waals surface area contributed by atoms with Crippen LogP contribution in [0.4, 0.5) is 14.5 Å². The third-order valence-corrected chi connectivity index (χ3v) is 5.29. The van der Waals surface area contributed by atoms with Crippen molar-refractivity contribution >= 4 is 40.5 Å². The van der Waals surface area contributed by atoms with Crippen LogP contribution >= 0.6 is 11.8 Å². The van der Waals surface area contributed by atoms with E-state index in [9.17, 15) is 23.5 Å². The van der Waals surface area contributed by atoms with E-state index in [-0.39, 0.29) is 39.8 Å². The van der Waals surface area contributed by atoms with Gasteiger partial charge < -0.3 is 19.9 Å². The summed E-state index contributed by atoms with van der Waals surface area (Å²) >= 11 is 1.05. The highest BCUT2D eigenvalue weighted by molar-refractivity contribution is 8.14. The number of hydrogen-bond acceptors (Lipinski definition) is 7. The van der Waals surface area contributed by atoms with Crippen LogP contribution in [-0.4, -0.2) is 48.1 Å². The molecule has 0 aromatic heterocycles. The average Bonchev–Trinajstić information content (AvgIpc) is 3.09. The zero-order chi connectivity index (χ0) is 24.0. The molecule has 0 spiro atoms. The molecule has 1 aliphatic rings. The number of benzene rings is 2. The van der Waals surface area contributed by atoms with Gasteiger partial charge in [0.2, 0.25) is 5.91 Å². The van der Waals surface area contributed by atoms with Crippen LogP contribution in [0.3, 0.4) is 0 Å². The van der Waals surface area contributed by atoms with Gasteiger partial charge in [0.1, 0.15) is 11.4 Å². The van der Waals surface area contributed by atoms with E-state index >= 15 is 0 Å². The Bertz CT molecular complexity index is 1090. The zero-order valence-electron chi connectivity index (χ0n) is 17.7. The molecule has 2 aromatic carbocycles. The lowest BCUT2D eigenvalue weighted by Crippen LogP contribution is -2.31. The second-order valence-electron chi connectivity index (χ2n) is 6.56. The van der Waals surface area contributed by atoms with Crippen molar-refractivity contribution in [2.75, 3.05) is 24.3 Å². The van der Waals surface area contributed by atoms with E-state index in [1.807, 2.05) is 0 Å². The maximum Gasteiger partial charge on any atom is 0.387 e. The number of carbonyl (C=O) groups excluding carboxylic acids is 2.